The molecular weight excluding hydrogens is 436 g/mol. The number of fused-ring (bicyclic) bond motifs is 1. The molecule has 0 radical (unpaired) electrons. The molecule has 1 N–H and O–H groups in total. The summed E-state index contributed by atoms with van der Waals surface area (Å²) in [4.78, 5) is 42.6. The third-order valence-electron chi connectivity index (χ3n) is 5.57. The Labute approximate surface area is 185 Å². The summed E-state index contributed by atoms with van der Waals surface area (Å²) in [6, 6.07) is 8.82. The molecule has 1 unspecified atom stereocenters. The summed E-state index contributed by atoms with van der Waals surface area (Å²) in [6.07, 6.45) is 2.70. The van der Waals surface area contributed by atoms with E-state index < -0.39 is 33.7 Å². The van der Waals surface area contributed by atoms with Crippen LogP contribution in [0, 0.1) is 0 Å². The highest BCUT2D eigenvalue weighted by Crippen LogP contribution is 2.23. The van der Waals surface area contributed by atoms with Gasteiger partial charge in [0.15, 0.2) is 9.84 Å². The maximum absolute atomic E-state index is 12.8. The lowest BCUT2D eigenvalue weighted by molar-refractivity contribution is -0.133. The van der Waals surface area contributed by atoms with Crippen molar-refractivity contribution in [2.24, 2.45) is 0 Å². The summed E-state index contributed by atoms with van der Waals surface area (Å²) >= 11 is 0. The highest BCUT2D eigenvalue weighted by atomic mass is 32.2. The molecule has 3 heterocycles. The van der Waals surface area contributed by atoms with Crippen molar-refractivity contribution in [1.82, 2.24) is 20.0 Å². The number of hydrogen-bond donors (Lipinski definition) is 1. The van der Waals surface area contributed by atoms with Gasteiger partial charge in [0.1, 0.15) is 18.3 Å². The molecule has 32 heavy (non-hydrogen) atoms. The summed E-state index contributed by atoms with van der Waals surface area (Å²) in [5.74, 6) is -0.108. The predicted octanol–water partition coefficient (Wildman–Crippen LogP) is 0.448. The van der Waals surface area contributed by atoms with Gasteiger partial charge in [0, 0.05) is 32.4 Å². The molecule has 0 aliphatic carbocycles. The number of urea groups is 1. The number of amides is 4. The fourth-order valence-corrected chi connectivity index (χ4v) is 4.60. The molecule has 0 saturated carbocycles. The number of hydrogen-bond acceptors (Lipinski definition) is 7. The first-order valence-electron chi connectivity index (χ1n) is 10.1. The molecule has 2 saturated heterocycles. The Balaban J connectivity index is 1.34. The predicted molar refractivity (Wildman–Crippen MR) is 113 cm³/mol. The second-order valence-corrected chi connectivity index (χ2v) is 9.94. The Morgan fingerprint density at radius 1 is 1.19 bits per heavy atom. The summed E-state index contributed by atoms with van der Waals surface area (Å²) in [5.41, 5.74) is 0.603. The van der Waals surface area contributed by atoms with Crippen LogP contribution in [0.1, 0.15) is 11.3 Å². The monoisotopic (exact) mass is 460 g/mol. The van der Waals surface area contributed by atoms with Crippen molar-refractivity contribution in [3.63, 3.8) is 0 Å². The molecule has 2 fully saturated rings. The fourth-order valence-electron chi connectivity index (χ4n) is 3.91. The lowest BCUT2D eigenvalue weighted by atomic mass is 10.2. The maximum Gasteiger partial charge on any atom is 0.328 e. The van der Waals surface area contributed by atoms with Gasteiger partial charge in [-0.3, -0.25) is 19.4 Å². The molecule has 0 bridgehead atoms. The average Bonchev–Trinajstić information content (AvgIpc) is 3.35. The van der Waals surface area contributed by atoms with Crippen molar-refractivity contribution >= 4 is 27.7 Å². The number of nitrogens with zero attached hydrogens (tertiary/aromatic N) is 3. The summed E-state index contributed by atoms with van der Waals surface area (Å²) in [7, 11) is -3.36. The number of sulfone groups is 1. The highest BCUT2D eigenvalue weighted by molar-refractivity contribution is 7.90. The second kappa shape index (κ2) is 8.75. The van der Waals surface area contributed by atoms with Gasteiger partial charge in [-0.2, -0.15) is 0 Å². The van der Waals surface area contributed by atoms with Crippen LogP contribution in [0.2, 0.25) is 0 Å². The van der Waals surface area contributed by atoms with Crippen molar-refractivity contribution in [3.05, 3.63) is 54.0 Å². The number of furan rings is 1. The molecule has 1 aromatic carbocycles. The van der Waals surface area contributed by atoms with Gasteiger partial charge in [-0.15, -0.1) is 0 Å². The molecular formula is C21H24N4O6S. The number of piperazine rings is 1. The Hall–Kier alpha value is -3.18. The molecule has 4 rings (SSSR count). The van der Waals surface area contributed by atoms with Crippen molar-refractivity contribution < 1.29 is 27.2 Å². The van der Waals surface area contributed by atoms with Crippen LogP contribution < -0.4 is 5.32 Å². The van der Waals surface area contributed by atoms with Gasteiger partial charge in [-0.1, -0.05) is 12.1 Å². The minimum absolute atomic E-state index is 0.0858. The van der Waals surface area contributed by atoms with Crippen molar-refractivity contribution in [2.45, 2.75) is 24.0 Å². The van der Waals surface area contributed by atoms with Crippen molar-refractivity contribution in [1.29, 1.82) is 0 Å². The van der Waals surface area contributed by atoms with E-state index >= 15 is 0 Å². The van der Waals surface area contributed by atoms with Crippen LogP contribution in [-0.2, 0) is 32.5 Å². The minimum Gasteiger partial charge on any atom is -0.468 e. The van der Waals surface area contributed by atoms with Crippen LogP contribution in [0.3, 0.4) is 0 Å². The van der Waals surface area contributed by atoms with E-state index in [1.54, 1.807) is 24.5 Å². The topological polar surface area (TPSA) is 120 Å². The third-order valence-corrected chi connectivity index (χ3v) is 6.68. The molecule has 2 aliphatic rings. The number of carbonyl (C=O) groups is 3. The molecule has 4 amide bonds. The van der Waals surface area contributed by atoms with Gasteiger partial charge in [0.25, 0.3) is 5.91 Å². The highest BCUT2D eigenvalue weighted by Gasteiger charge is 2.48. The summed E-state index contributed by atoms with van der Waals surface area (Å²) in [6.45, 7) is 1.63. The Bertz CT molecular complexity index is 1130. The van der Waals surface area contributed by atoms with Gasteiger partial charge in [0.05, 0.1) is 17.7 Å². The Morgan fingerprint density at radius 2 is 2.00 bits per heavy atom. The van der Waals surface area contributed by atoms with Gasteiger partial charge in [-0.05, 0) is 29.8 Å². The molecule has 1 aromatic heterocycles. The lowest BCUT2D eigenvalue weighted by Gasteiger charge is -2.34. The molecule has 1 atom stereocenters. The number of rotatable bonds is 7. The van der Waals surface area contributed by atoms with Crippen LogP contribution in [0.5, 0.6) is 0 Å². The Morgan fingerprint density at radius 3 is 2.72 bits per heavy atom. The van der Waals surface area contributed by atoms with Crippen LogP contribution in [0.15, 0.2) is 52.0 Å². The zero-order valence-electron chi connectivity index (χ0n) is 17.6. The number of benzene rings is 1. The number of imide groups is 1. The maximum atomic E-state index is 12.8. The van der Waals surface area contributed by atoms with Gasteiger partial charge in [-0.25, -0.2) is 13.2 Å². The Kier molecular flexibility index (Phi) is 6.02. The first-order chi connectivity index (χ1) is 15.2. The molecule has 170 valence electrons. The molecule has 2 aliphatic heterocycles. The average molecular weight is 461 g/mol. The van der Waals surface area contributed by atoms with Crippen LogP contribution in [0.25, 0.3) is 0 Å². The largest absolute Gasteiger partial charge is 0.468 e. The summed E-state index contributed by atoms with van der Waals surface area (Å²) in [5, 5.41) is 2.64. The van der Waals surface area contributed by atoms with E-state index in [0.717, 1.165) is 16.9 Å². The van der Waals surface area contributed by atoms with E-state index in [-0.39, 0.29) is 18.0 Å². The molecule has 2 aromatic rings. The van der Waals surface area contributed by atoms with Crippen LogP contribution in [-0.4, -0.2) is 79.4 Å². The van der Waals surface area contributed by atoms with Crippen molar-refractivity contribution in [3.8, 4) is 0 Å². The fraction of sp³-hybridized carbons (Fsp3) is 0.381. The van der Waals surface area contributed by atoms with E-state index in [0.29, 0.717) is 31.7 Å². The zero-order valence-corrected chi connectivity index (χ0v) is 18.4. The zero-order chi connectivity index (χ0) is 22.9. The van der Waals surface area contributed by atoms with Gasteiger partial charge < -0.3 is 14.6 Å². The summed E-state index contributed by atoms with van der Waals surface area (Å²) < 4.78 is 28.7. The van der Waals surface area contributed by atoms with E-state index in [1.165, 1.54) is 17.0 Å². The third kappa shape index (κ3) is 4.68. The van der Waals surface area contributed by atoms with Gasteiger partial charge in [0.2, 0.25) is 5.91 Å². The smallest absolute Gasteiger partial charge is 0.328 e. The second-order valence-electron chi connectivity index (χ2n) is 7.93. The quantitative estimate of drug-likeness (QED) is 0.596. The van der Waals surface area contributed by atoms with Crippen LogP contribution in [0.4, 0.5) is 4.79 Å². The van der Waals surface area contributed by atoms with Gasteiger partial charge >= 0.3 is 6.03 Å². The normalized spacial score (nSPS) is 19.3. The van der Waals surface area contributed by atoms with Crippen molar-refractivity contribution in [2.75, 3.05) is 32.4 Å². The van der Waals surface area contributed by atoms with E-state index in [2.05, 4.69) is 5.32 Å². The van der Waals surface area contributed by atoms with E-state index in [1.807, 2.05) is 11.0 Å². The van der Waals surface area contributed by atoms with E-state index in [4.69, 9.17) is 4.42 Å². The number of carbonyl (C=O) groups excluding carboxylic acids is 3. The van der Waals surface area contributed by atoms with E-state index in [9.17, 15) is 22.8 Å². The molecule has 0 spiro atoms. The van der Waals surface area contributed by atoms with Crippen LogP contribution >= 0.6 is 0 Å². The first-order valence-corrected chi connectivity index (χ1v) is 12.0. The first kappa shape index (κ1) is 22.0. The number of nitrogens with one attached hydrogen (secondary N) is 1. The molecule has 10 nitrogen and oxygen atoms in total. The minimum atomic E-state index is -3.36. The SMILES string of the molecule is CS(=O)(=O)c1cccc(CNC(=O)CN2C(=O)C3CN(Cc4ccco4)CCN3C2=O)c1. The molecule has 11 heteroatoms. The lowest BCUT2D eigenvalue weighted by Crippen LogP contribution is -2.52. The standard InChI is InChI=1S/C21H24N4O6S/c1-32(29,30)17-6-2-4-15(10-17)11-22-19(26)14-25-20(27)18-13-23(7-8-24(18)21(25)28)12-16-5-3-9-31-16/h2-6,9-10,18H,7-8,11-14H2,1H3,(H,22,26).